The van der Waals surface area contributed by atoms with Crippen molar-refractivity contribution in [3.8, 4) is 5.75 Å². The van der Waals surface area contributed by atoms with Crippen LogP contribution in [0.1, 0.15) is 58.4 Å². The van der Waals surface area contributed by atoms with Crippen molar-refractivity contribution in [1.29, 1.82) is 0 Å². The van der Waals surface area contributed by atoms with Crippen molar-refractivity contribution >= 4 is 29.5 Å². The van der Waals surface area contributed by atoms with E-state index in [1.165, 1.54) is 12.1 Å². The Morgan fingerprint density at radius 1 is 1.08 bits per heavy atom. The second-order valence-corrected chi connectivity index (χ2v) is 5.89. The summed E-state index contributed by atoms with van der Waals surface area (Å²) in [6.45, 7) is 0.00402. The van der Waals surface area contributed by atoms with Crippen LogP contribution in [0.15, 0.2) is 12.1 Å². The Labute approximate surface area is 148 Å². The number of carbonyl (C=O) groups excluding carboxylic acids is 5. The van der Waals surface area contributed by atoms with Crippen LogP contribution in [0, 0.1) is 0 Å². The number of hydroxylamine groups is 2. The molecule has 1 fully saturated rings. The third-order valence-electron chi connectivity index (χ3n) is 4.14. The molecule has 0 aliphatic carbocycles. The fourth-order valence-electron chi connectivity index (χ4n) is 2.84. The highest BCUT2D eigenvalue weighted by Gasteiger charge is 2.35. The molecule has 1 aromatic carbocycles. The molecule has 1 saturated heterocycles. The number of nitrogens with two attached hydrogens (primary N) is 1. The number of ether oxygens (including phenoxy) is 1. The Bertz CT molecular complexity index is 815. The van der Waals surface area contributed by atoms with Gasteiger partial charge in [0.05, 0.1) is 5.56 Å². The minimum atomic E-state index is -1.07. The molecule has 9 nitrogen and oxygen atoms in total. The maximum atomic E-state index is 12.5. The van der Waals surface area contributed by atoms with Crippen LogP contribution in [-0.4, -0.2) is 34.6 Å². The van der Waals surface area contributed by atoms with Crippen molar-refractivity contribution in [2.24, 2.45) is 5.73 Å². The zero-order valence-corrected chi connectivity index (χ0v) is 13.8. The molecule has 0 bridgehead atoms. The second-order valence-electron chi connectivity index (χ2n) is 5.89. The molecule has 3 rings (SSSR count). The number of hydrogen-bond acceptors (Lipinski definition) is 8. The monoisotopic (exact) mass is 360 g/mol. The second kappa shape index (κ2) is 7.04. The predicted octanol–water partition coefficient (Wildman–Crippen LogP) is 0.638. The normalized spacial score (nSPS) is 17.5. The van der Waals surface area contributed by atoms with E-state index in [0.717, 1.165) is 0 Å². The number of Topliss-reactive ketones (excluding diaryl/α,β-unsaturated/α-hetero) is 1. The number of amides is 2. The molecule has 0 spiro atoms. The van der Waals surface area contributed by atoms with Gasteiger partial charge in [0, 0.05) is 32.2 Å². The van der Waals surface area contributed by atoms with Gasteiger partial charge in [0.25, 0.3) is 11.8 Å². The fourth-order valence-corrected chi connectivity index (χ4v) is 2.84. The van der Waals surface area contributed by atoms with E-state index in [0.29, 0.717) is 17.0 Å². The van der Waals surface area contributed by atoms with Gasteiger partial charge in [-0.2, -0.15) is 0 Å². The van der Waals surface area contributed by atoms with E-state index in [9.17, 15) is 24.0 Å². The molecule has 26 heavy (non-hydrogen) atoms. The molecule has 1 aromatic rings. The third kappa shape index (κ3) is 3.21. The van der Waals surface area contributed by atoms with Crippen LogP contribution in [0.2, 0.25) is 0 Å². The number of benzene rings is 1. The standard InChI is InChI=1S/C17H16N2O7/c18-8-9-4-5-10(17(24)26-19-12(21)6-7-13(19)22)16-15(9)11(20)2-1-3-14(23)25-16/h4-5H,1-3,6-8,18H2. The van der Waals surface area contributed by atoms with Crippen molar-refractivity contribution in [1.82, 2.24) is 5.06 Å². The Hall–Kier alpha value is -3.07. The maximum absolute atomic E-state index is 12.5. The van der Waals surface area contributed by atoms with Crippen molar-refractivity contribution in [3.63, 3.8) is 0 Å². The first-order valence-corrected chi connectivity index (χ1v) is 8.10. The highest BCUT2D eigenvalue weighted by atomic mass is 16.7. The first-order valence-electron chi connectivity index (χ1n) is 8.10. The number of esters is 1. The third-order valence-corrected chi connectivity index (χ3v) is 4.14. The van der Waals surface area contributed by atoms with Crippen LogP contribution >= 0.6 is 0 Å². The molecular formula is C17H16N2O7. The average molecular weight is 360 g/mol. The summed E-state index contributed by atoms with van der Waals surface area (Å²) in [5, 5.41) is 0.387. The van der Waals surface area contributed by atoms with Crippen molar-refractivity contribution in [2.45, 2.75) is 38.6 Å². The molecular weight excluding hydrogens is 344 g/mol. The molecule has 0 aromatic heterocycles. The zero-order valence-electron chi connectivity index (χ0n) is 13.8. The molecule has 0 atom stereocenters. The molecule has 2 aliphatic heterocycles. The maximum Gasteiger partial charge on any atom is 0.367 e. The lowest BCUT2D eigenvalue weighted by Crippen LogP contribution is -2.32. The fraction of sp³-hybridized carbons (Fsp3) is 0.353. The zero-order chi connectivity index (χ0) is 18.8. The van der Waals surface area contributed by atoms with E-state index in [4.69, 9.17) is 15.3 Å². The van der Waals surface area contributed by atoms with Gasteiger partial charge in [0.2, 0.25) is 0 Å². The van der Waals surface area contributed by atoms with Gasteiger partial charge in [-0.3, -0.25) is 19.2 Å². The topological polar surface area (TPSA) is 133 Å². The van der Waals surface area contributed by atoms with Gasteiger partial charge in [-0.15, -0.1) is 5.06 Å². The van der Waals surface area contributed by atoms with Gasteiger partial charge in [0.1, 0.15) is 5.56 Å². The number of rotatable bonds is 3. The molecule has 136 valence electrons. The number of ketones is 1. The lowest BCUT2D eigenvalue weighted by Gasteiger charge is -2.19. The Morgan fingerprint density at radius 2 is 1.77 bits per heavy atom. The van der Waals surface area contributed by atoms with Crippen LogP contribution in [0.25, 0.3) is 0 Å². The minimum Gasteiger partial charge on any atom is -0.425 e. The van der Waals surface area contributed by atoms with Crippen LogP contribution in [0.3, 0.4) is 0 Å². The van der Waals surface area contributed by atoms with Gasteiger partial charge in [-0.25, -0.2) is 4.79 Å². The molecule has 0 saturated carbocycles. The summed E-state index contributed by atoms with van der Waals surface area (Å²) in [6.07, 6.45) is 0.354. The van der Waals surface area contributed by atoms with E-state index in [1.54, 1.807) is 0 Å². The average Bonchev–Trinajstić information content (AvgIpc) is 2.91. The largest absolute Gasteiger partial charge is 0.425 e. The van der Waals surface area contributed by atoms with Crippen molar-refractivity contribution in [2.75, 3.05) is 0 Å². The lowest BCUT2D eigenvalue weighted by atomic mass is 9.95. The molecule has 0 unspecified atom stereocenters. The Morgan fingerprint density at radius 3 is 2.42 bits per heavy atom. The van der Waals surface area contributed by atoms with Crippen LogP contribution in [-0.2, 0) is 25.8 Å². The smallest absolute Gasteiger partial charge is 0.367 e. The van der Waals surface area contributed by atoms with Crippen molar-refractivity contribution in [3.05, 3.63) is 28.8 Å². The number of nitrogens with zero attached hydrogens (tertiary/aromatic N) is 1. The first kappa shape index (κ1) is 17.7. The molecule has 2 heterocycles. The number of imide groups is 1. The van der Waals surface area contributed by atoms with Gasteiger partial charge in [0.15, 0.2) is 11.5 Å². The van der Waals surface area contributed by atoms with E-state index in [2.05, 4.69) is 0 Å². The van der Waals surface area contributed by atoms with Crippen LogP contribution in [0.5, 0.6) is 5.75 Å². The SMILES string of the molecule is NCc1ccc(C(=O)ON2C(=O)CCC2=O)c2c1C(=O)CCCC(=O)O2. The van der Waals surface area contributed by atoms with E-state index in [1.807, 2.05) is 0 Å². The molecule has 0 radical (unpaired) electrons. The quantitative estimate of drug-likeness (QED) is 0.471. The molecule has 2 amide bonds. The van der Waals surface area contributed by atoms with Gasteiger partial charge >= 0.3 is 11.9 Å². The number of hydrogen-bond donors (Lipinski definition) is 1. The minimum absolute atomic E-state index is 0.00402. The summed E-state index contributed by atoms with van der Waals surface area (Å²) in [6, 6.07) is 2.74. The van der Waals surface area contributed by atoms with E-state index in [-0.39, 0.29) is 54.9 Å². The Balaban J connectivity index is 2.03. The summed E-state index contributed by atoms with van der Waals surface area (Å²) in [7, 11) is 0. The number of carbonyl (C=O) groups is 5. The summed E-state index contributed by atoms with van der Waals surface area (Å²) < 4.78 is 5.22. The van der Waals surface area contributed by atoms with E-state index < -0.39 is 23.8 Å². The van der Waals surface area contributed by atoms with Crippen LogP contribution in [0.4, 0.5) is 0 Å². The lowest BCUT2D eigenvalue weighted by molar-refractivity contribution is -0.172. The summed E-state index contributed by atoms with van der Waals surface area (Å²) in [5.74, 6) is -3.51. The highest BCUT2D eigenvalue weighted by Crippen LogP contribution is 2.32. The Kier molecular flexibility index (Phi) is 4.81. The van der Waals surface area contributed by atoms with Gasteiger partial charge in [-0.1, -0.05) is 6.07 Å². The molecule has 9 heteroatoms. The summed E-state index contributed by atoms with van der Waals surface area (Å²) in [4.78, 5) is 64.9. The van der Waals surface area contributed by atoms with Crippen molar-refractivity contribution < 1.29 is 33.5 Å². The van der Waals surface area contributed by atoms with Crippen LogP contribution < -0.4 is 10.5 Å². The molecule has 2 N–H and O–H groups in total. The summed E-state index contributed by atoms with van der Waals surface area (Å²) >= 11 is 0. The molecule has 2 aliphatic rings. The summed E-state index contributed by atoms with van der Waals surface area (Å²) in [5.41, 5.74) is 5.89. The van der Waals surface area contributed by atoms with E-state index >= 15 is 0 Å². The number of fused-ring (bicyclic) bond motifs is 1. The predicted molar refractivity (Wildman–Crippen MR) is 84.7 cm³/mol. The first-order chi connectivity index (χ1) is 12.4. The van der Waals surface area contributed by atoms with Gasteiger partial charge in [-0.05, 0) is 18.1 Å². The van der Waals surface area contributed by atoms with Gasteiger partial charge < -0.3 is 15.3 Å². The highest BCUT2D eigenvalue weighted by molar-refractivity contribution is 6.07.